The van der Waals surface area contributed by atoms with Gasteiger partial charge in [0.05, 0.1) is 0 Å². The van der Waals surface area contributed by atoms with Gasteiger partial charge in [0.1, 0.15) is 23.0 Å². The van der Waals surface area contributed by atoms with E-state index in [4.69, 9.17) is 9.15 Å². The van der Waals surface area contributed by atoms with Crippen molar-refractivity contribution in [3.63, 3.8) is 0 Å². The average molecular weight is 706 g/mol. The van der Waals surface area contributed by atoms with E-state index in [-0.39, 0.29) is 12.0 Å². The van der Waals surface area contributed by atoms with Gasteiger partial charge >= 0.3 is 0 Å². The molecule has 1 aliphatic heterocycles. The van der Waals surface area contributed by atoms with Gasteiger partial charge in [0.25, 0.3) is 0 Å². The van der Waals surface area contributed by atoms with E-state index >= 15 is 0 Å². The van der Waals surface area contributed by atoms with E-state index in [1.807, 2.05) is 18.2 Å². The first-order chi connectivity index (χ1) is 27.2. The molecule has 55 heavy (non-hydrogen) atoms. The topological polar surface area (TPSA) is 25.6 Å². The summed E-state index contributed by atoms with van der Waals surface area (Å²) in [5.41, 5.74) is 13.5. The number of fused-ring (bicyclic) bond motifs is 8. The Labute approximate surface area is 319 Å². The van der Waals surface area contributed by atoms with Crippen molar-refractivity contribution in [3.8, 4) is 28.0 Å². The maximum Gasteiger partial charge on any atom is 0.136 e. The molecule has 9 aromatic rings. The Kier molecular flexibility index (Phi) is 7.31. The molecular formula is C52H35NO2. The van der Waals surface area contributed by atoms with Crippen molar-refractivity contribution < 1.29 is 9.15 Å². The zero-order chi connectivity index (χ0) is 36.3. The van der Waals surface area contributed by atoms with E-state index in [1.165, 1.54) is 49.5 Å². The predicted molar refractivity (Wildman–Crippen MR) is 227 cm³/mol. The van der Waals surface area contributed by atoms with Gasteiger partial charge < -0.3 is 14.1 Å². The Morgan fingerprint density at radius 3 is 2.04 bits per heavy atom. The standard InChI is InChI=1S/C52H35NO2/c1-2-10-34(11-3-1)38-12-8-13-42(32-38)53(41-29-24-36(25-30-41)43-16-9-17-45-44-14-4-6-18-48(44)55-52(43)45)40-27-22-35(23-28-40)39-21-20-37-26-31-50-51(47(37)33-39)46-15-5-7-19-49(46)54-50/h1-33,43,52H. The number of para-hydroxylation sites is 2. The van der Waals surface area contributed by atoms with Crippen LogP contribution in [-0.2, 0) is 0 Å². The minimum atomic E-state index is -0.0297. The third-order valence-electron chi connectivity index (χ3n) is 11.2. The molecule has 0 saturated heterocycles. The fourth-order valence-electron chi connectivity index (χ4n) is 8.55. The summed E-state index contributed by atoms with van der Waals surface area (Å²) in [6, 6.07) is 65.0. The van der Waals surface area contributed by atoms with Crippen LogP contribution in [0.1, 0.15) is 17.0 Å². The molecule has 2 atom stereocenters. The van der Waals surface area contributed by atoms with Crippen LogP contribution >= 0.6 is 0 Å². The normalized spacial score (nSPS) is 15.8. The number of allylic oxidation sites excluding steroid dienone is 2. The van der Waals surface area contributed by atoms with Crippen LogP contribution in [0.15, 0.2) is 205 Å². The number of nitrogens with zero attached hydrogens (tertiary/aromatic N) is 1. The highest BCUT2D eigenvalue weighted by atomic mass is 16.5. The van der Waals surface area contributed by atoms with Crippen molar-refractivity contribution in [2.24, 2.45) is 0 Å². The van der Waals surface area contributed by atoms with Gasteiger partial charge in [0.2, 0.25) is 0 Å². The third kappa shape index (κ3) is 5.35. The van der Waals surface area contributed by atoms with Gasteiger partial charge in [0.15, 0.2) is 0 Å². The van der Waals surface area contributed by atoms with Crippen LogP contribution < -0.4 is 9.64 Å². The molecule has 0 bridgehead atoms. The highest BCUT2D eigenvalue weighted by molar-refractivity contribution is 6.19. The number of furan rings is 1. The maximum atomic E-state index is 6.52. The van der Waals surface area contributed by atoms with Crippen LogP contribution in [0.3, 0.4) is 0 Å². The van der Waals surface area contributed by atoms with Gasteiger partial charge in [-0.2, -0.15) is 0 Å². The van der Waals surface area contributed by atoms with Gasteiger partial charge in [-0.1, -0.05) is 140 Å². The molecule has 0 N–H and O–H groups in total. The molecule has 0 radical (unpaired) electrons. The van der Waals surface area contributed by atoms with E-state index in [2.05, 4.69) is 187 Å². The fourth-order valence-corrected chi connectivity index (χ4v) is 8.55. The highest BCUT2D eigenvalue weighted by Crippen LogP contribution is 2.46. The molecule has 2 unspecified atom stereocenters. The maximum absolute atomic E-state index is 6.52. The number of rotatable bonds is 6. The summed E-state index contributed by atoms with van der Waals surface area (Å²) < 4.78 is 12.7. The van der Waals surface area contributed by atoms with Gasteiger partial charge in [-0.15, -0.1) is 0 Å². The number of hydrogen-bond donors (Lipinski definition) is 0. The van der Waals surface area contributed by atoms with E-state index in [0.29, 0.717) is 0 Å². The molecule has 1 aromatic heterocycles. The minimum absolute atomic E-state index is 0.0297. The molecule has 0 saturated carbocycles. The Balaban J connectivity index is 0.971. The first kappa shape index (κ1) is 31.4. The molecule has 3 heteroatoms. The van der Waals surface area contributed by atoms with Crippen LogP contribution in [0.4, 0.5) is 17.1 Å². The van der Waals surface area contributed by atoms with Gasteiger partial charge in [-0.05, 0) is 99.3 Å². The second-order valence-electron chi connectivity index (χ2n) is 14.4. The molecule has 0 fully saturated rings. The minimum Gasteiger partial charge on any atom is -0.484 e. The van der Waals surface area contributed by atoms with E-state index in [9.17, 15) is 0 Å². The zero-order valence-electron chi connectivity index (χ0n) is 30.0. The second kappa shape index (κ2) is 12.8. The second-order valence-corrected chi connectivity index (χ2v) is 14.4. The molecule has 2 heterocycles. The van der Waals surface area contributed by atoms with Crippen molar-refractivity contribution in [3.05, 3.63) is 211 Å². The molecule has 8 aromatic carbocycles. The van der Waals surface area contributed by atoms with E-state index in [1.54, 1.807) is 0 Å². The quantitative estimate of drug-likeness (QED) is 0.172. The SMILES string of the molecule is C1=CC(c2ccc(N(c3ccc(-c4ccc5ccc6oc7ccccc7c6c5c4)cc3)c3cccc(-c4ccccc4)c3)cc2)C2Oc3ccccc3C2=C1. The van der Waals surface area contributed by atoms with Gasteiger partial charge in [-0.3, -0.25) is 0 Å². The number of anilines is 3. The van der Waals surface area contributed by atoms with Gasteiger partial charge in [0, 0.05) is 44.9 Å². The van der Waals surface area contributed by atoms with Crippen molar-refractivity contribution in [2.45, 2.75) is 12.0 Å². The summed E-state index contributed by atoms with van der Waals surface area (Å²) in [6.07, 6.45) is 6.61. The largest absolute Gasteiger partial charge is 0.484 e. The summed E-state index contributed by atoms with van der Waals surface area (Å²) in [6.45, 7) is 0. The lowest BCUT2D eigenvalue weighted by Gasteiger charge is -2.28. The summed E-state index contributed by atoms with van der Waals surface area (Å²) in [4.78, 5) is 2.35. The third-order valence-corrected chi connectivity index (χ3v) is 11.2. The van der Waals surface area contributed by atoms with Crippen molar-refractivity contribution in [2.75, 3.05) is 4.90 Å². The monoisotopic (exact) mass is 705 g/mol. The number of benzene rings is 8. The Bertz CT molecular complexity index is 2950. The summed E-state index contributed by atoms with van der Waals surface area (Å²) in [7, 11) is 0. The Morgan fingerprint density at radius 1 is 0.473 bits per heavy atom. The molecule has 0 spiro atoms. The summed E-state index contributed by atoms with van der Waals surface area (Å²) in [5, 5.41) is 4.71. The average Bonchev–Trinajstić information content (AvgIpc) is 3.84. The van der Waals surface area contributed by atoms with Gasteiger partial charge in [-0.25, -0.2) is 0 Å². The molecule has 0 amide bonds. The van der Waals surface area contributed by atoms with Crippen LogP contribution in [0.25, 0.3) is 60.5 Å². The first-order valence-corrected chi connectivity index (χ1v) is 18.9. The van der Waals surface area contributed by atoms with E-state index < -0.39 is 0 Å². The van der Waals surface area contributed by atoms with E-state index in [0.717, 1.165) is 44.9 Å². The summed E-state index contributed by atoms with van der Waals surface area (Å²) in [5.74, 6) is 1.09. The highest BCUT2D eigenvalue weighted by Gasteiger charge is 2.35. The first-order valence-electron chi connectivity index (χ1n) is 18.9. The lowest BCUT2D eigenvalue weighted by molar-refractivity contribution is 0.258. The lowest BCUT2D eigenvalue weighted by Crippen LogP contribution is -2.23. The summed E-state index contributed by atoms with van der Waals surface area (Å²) >= 11 is 0. The van der Waals surface area contributed by atoms with Crippen LogP contribution in [0, 0.1) is 0 Å². The lowest BCUT2D eigenvalue weighted by atomic mass is 9.84. The fraction of sp³-hybridized carbons (Fsp3) is 0.0385. The van der Waals surface area contributed by atoms with Crippen LogP contribution in [0.2, 0.25) is 0 Å². The molecular weight excluding hydrogens is 671 g/mol. The van der Waals surface area contributed by atoms with Crippen molar-refractivity contribution in [1.29, 1.82) is 0 Å². The van der Waals surface area contributed by atoms with Crippen LogP contribution in [0.5, 0.6) is 5.75 Å². The molecule has 260 valence electrons. The smallest absolute Gasteiger partial charge is 0.136 e. The molecule has 11 rings (SSSR count). The van der Waals surface area contributed by atoms with Crippen molar-refractivity contribution in [1.82, 2.24) is 0 Å². The van der Waals surface area contributed by atoms with Crippen molar-refractivity contribution >= 4 is 55.3 Å². The Morgan fingerprint density at radius 2 is 1.16 bits per heavy atom. The number of hydrogen-bond acceptors (Lipinski definition) is 3. The Hall–Kier alpha value is -7.10. The predicted octanol–water partition coefficient (Wildman–Crippen LogP) is 14.0. The molecule has 1 aliphatic carbocycles. The zero-order valence-corrected chi connectivity index (χ0v) is 30.0. The van der Waals surface area contributed by atoms with Crippen LogP contribution in [-0.4, -0.2) is 6.10 Å². The molecule has 2 aliphatic rings. The number of ether oxygens (including phenoxy) is 1. The molecule has 3 nitrogen and oxygen atoms in total.